The zero-order valence-electron chi connectivity index (χ0n) is 17.1. The normalized spacial score (nSPS) is 12.7. The van der Waals surface area contributed by atoms with Gasteiger partial charge in [0, 0.05) is 6.21 Å². The van der Waals surface area contributed by atoms with E-state index in [9.17, 15) is 9.18 Å². The molecule has 0 aliphatic heterocycles. The van der Waals surface area contributed by atoms with Gasteiger partial charge < -0.3 is 4.98 Å². The maximum absolute atomic E-state index is 14.5. The van der Waals surface area contributed by atoms with Gasteiger partial charge >= 0.3 is 0 Å². The molecule has 0 bridgehead atoms. The standard InChI is InChI=1S/C23H18FN7O/c1-2-14(11-25-20-19-21(27-12-26-19)29-13-28-20)22-30-17-10-6-9-16(24)18(17)23(32)31(22)15-7-4-3-5-8-15/h3-14H,2H2,1H3,(H,26,27,28,29). The highest BCUT2D eigenvalue weighted by Gasteiger charge is 2.20. The van der Waals surface area contributed by atoms with Crippen LogP contribution in [0.15, 0.2) is 71.0 Å². The zero-order chi connectivity index (χ0) is 22.1. The number of rotatable bonds is 5. The highest BCUT2D eigenvalue weighted by atomic mass is 19.1. The molecule has 0 radical (unpaired) electrons. The number of H-pyrrole nitrogens is 1. The molecule has 0 aliphatic rings. The van der Waals surface area contributed by atoms with Crippen LogP contribution in [0, 0.1) is 5.82 Å². The lowest BCUT2D eigenvalue weighted by atomic mass is 10.1. The Morgan fingerprint density at radius 3 is 2.78 bits per heavy atom. The fourth-order valence-electron chi connectivity index (χ4n) is 3.65. The first kappa shape index (κ1) is 19.7. The lowest BCUT2D eigenvalue weighted by Gasteiger charge is -2.18. The molecule has 32 heavy (non-hydrogen) atoms. The van der Waals surface area contributed by atoms with Gasteiger partial charge in [-0.05, 0) is 30.7 Å². The first-order chi connectivity index (χ1) is 15.7. The van der Waals surface area contributed by atoms with Gasteiger partial charge in [0.2, 0.25) is 0 Å². The van der Waals surface area contributed by atoms with Gasteiger partial charge in [-0.25, -0.2) is 29.3 Å². The number of aromatic amines is 1. The van der Waals surface area contributed by atoms with Gasteiger partial charge in [-0.3, -0.25) is 9.36 Å². The Morgan fingerprint density at radius 1 is 1.12 bits per heavy atom. The summed E-state index contributed by atoms with van der Waals surface area (Å²) in [7, 11) is 0. The number of nitrogens with one attached hydrogen (secondary N) is 1. The van der Waals surface area contributed by atoms with Crippen molar-refractivity contribution in [3.05, 3.63) is 83.2 Å². The van der Waals surface area contributed by atoms with E-state index in [2.05, 4.69) is 29.9 Å². The molecule has 0 spiro atoms. The van der Waals surface area contributed by atoms with Crippen molar-refractivity contribution in [1.29, 1.82) is 0 Å². The van der Waals surface area contributed by atoms with E-state index in [1.807, 2.05) is 25.1 Å². The fraction of sp³-hybridized carbons (Fsp3) is 0.130. The molecular weight excluding hydrogens is 409 g/mol. The first-order valence-corrected chi connectivity index (χ1v) is 10.1. The number of fused-ring (bicyclic) bond motifs is 2. The number of halogens is 1. The van der Waals surface area contributed by atoms with Gasteiger partial charge in [-0.15, -0.1) is 0 Å². The van der Waals surface area contributed by atoms with Crippen LogP contribution in [0.5, 0.6) is 0 Å². The first-order valence-electron chi connectivity index (χ1n) is 10.1. The number of imidazole rings is 1. The van der Waals surface area contributed by atoms with Crippen LogP contribution < -0.4 is 5.56 Å². The minimum Gasteiger partial charge on any atom is -0.340 e. The molecule has 1 N–H and O–H groups in total. The second-order valence-corrected chi connectivity index (χ2v) is 7.17. The van der Waals surface area contributed by atoms with Crippen molar-refractivity contribution in [2.75, 3.05) is 0 Å². The van der Waals surface area contributed by atoms with E-state index in [4.69, 9.17) is 0 Å². The van der Waals surface area contributed by atoms with Crippen molar-refractivity contribution < 1.29 is 4.39 Å². The average Bonchev–Trinajstić information content (AvgIpc) is 3.30. The lowest BCUT2D eigenvalue weighted by Crippen LogP contribution is -2.26. The number of hydrogen-bond acceptors (Lipinski definition) is 6. The van der Waals surface area contributed by atoms with E-state index in [0.717, 1.165) is 0 Å². The van der Waals surface area contributed by atoms with Crippen LogP contribution in [-0.4, -0.2) is 35.7 Å². The second-order valence-electron chi connectivity index (χ2n) is 7.17. The summed E-state index contributed by atoms with van der Waals surface area (Å²) < 4.78 is 16.0. The van der Waals surface area contributed by atoms with Crippen molar-refractivity contribution in [1.82, 2.24) is 29.5 Å². The van der Waals surface area contributed by atoms with Crippen LogP contribution in [0.4, 0.5) is 10.2 Å². The van der Waals surface area contributed by atoms with Crippen LogP contribution in [0.2, 0.25) is 0 Å². The summed E-state index contributed by atoms with van der Waals surface area (Å²) in [6.45, 7) is 1.97. The Bertz CT molecular complexity index is 1510. The van der Waals surface area contributed by atoms with E-state index < -0.39 is 11.4 Å². The fourth-order valence-corrected chi connectivity index (χ4v) is 3.65. The Kier molecular flexibility index (Phi) is 4.98. The van der Waals surface area contributed by atoms with Crippen LogP contribution in [0.25, 0.3) is 27.8 Å². The summed E-state index contributed by atoms with van der Waals surface area (Å²) in [6.07, 6.45) is 5.24. The quantitative estimate of drug-likeness (QED) is 0.426. The molecule has 3 heterocycles. The summed E-state index contributed by atoms with van der Waals surface area (Å²) >= 11 is 0. The maximum Gasteiger partial charge on any atom is 0.268 e. The van der Waals surface area contributed by atoms with Gasteiger partial charge in [-0.1, -0.05) is 31.2 Å². The molecular formula is C23H18FN7O. The highest BCUT2D eigenvalue weighted by molar-refractivity contribution is 5.84. The Labute approximate surface area is 181 Å². The molecule has 2 aromatic carbocycles. The van der Waals surface area contributed by atoms with Crippen LogP contribution in [0.1, 0.15) is 25.1 Å². The number of aliphatic imine (C=N–C) groups is 1. The van der Waals surface area contributed by atoms with Crippen LogP contribution >= 0.6 is 0 Å². The molecule has 0 saturated heterocycles. The average molecular weight is 427 g/mol. The topological polar surface area (TPSA) is 102 Å². The number of para-hydroxylation sites is 1. The van der Waals surface area contributed by atoms with Gasteiger partial charge in [0.25, 0.3) is 5.56 Å². The predicted octanol–water partition coefficient (Wildman–Crippen LogP) is 4.09. The molecule has 0 amide bonds. The van der Waals surface area contributed by atoms with Gasteiger partial charge in [0.1, 0.15) is 28.9 Å². The summed E-state index contributed by atoms with van der Waals surface area (Å²) in [6, 6.07) is 13.5. The maximum atomic E-state index is 14.5. The van der Waals surface area contributed by atoms with Gasteiger partial charge in [-0.2, -0.15) is 0 Å². The predicted molar refractivity (Wildman–Crippen MR) is 120 cm³/mol. The second kappa shape index (κ2) is 8.10. The molecule has 3 aromatic heterocycles. The van der Waals surface area contributed by atoms with Crippen molar-refractivity contribution in [2.45, 2.75) is 19.3 Å². The summed E-state index contributed by atoms with van der Waals surface area (Å²) in [4.78, 5) is 38.1. The Hall–Kier alpha value is -4.27. The molecule has 0 fully saturated rings. The SMILES string of the molecule is CCC(C=Nc1ncnc2nc[nH]c12)c1nc2cccc(F)c2c(=O)n1-c1ccccc1. The Balaban J connectivity index is 1.71. The van der Waals surface area contributed by atoms with Gasteiger partial charge in [0.05, 0.1) is 23.4 Å². The molecule has 5 rings (SSSR count). The lowest BCUT2D eigenvalue weighted by molar-refractivity contribution is 0.635. The summed E-state index contributed by atoms with van der Waals surface area (Å²) in [5.74, 6) is -0.0177. The van der Waals surface area contributed by atoms with Crippen molar-refractivity contribution in [2.24, 2.45) is 4.99 Å². The van der Waals surface area contributed by atoms with Crippen LogP contribution in [-0.2, 0) is 0 Å². The molecule has 158 valence electrons. The number of nitrogens with zero attached hydrogens (tertiary/aromatic N) is 6. The van der Waals surface area contributed by atoms with E-state index >= 15 is 0 Å². The van der Waals surface area contributed by atoms with Crippen molar-refractivity contribution in [3.8, 4) is 5.69 Å². The number of hydrogen-bond donors (Lipinski definition) is 1. The van der Waals surface area contributed by atoms with E-state index in [-0.39, 0.29) is 11.3 Å². The largest absolute Gasteiger partial charge is 0.340 e. The molecule has 5 aromatic rings. The Morgan fingerprint density at radius 2 is 1.97 bits per heavy atom. The van der Waals surface area contributed by atoms with E-state index in [1.165, 1.54) is 23.3 Å². The molecule has 1 unspecified atom stereocenters. The monoisotopic (exact) mass is 427 g/mol. The minimum absolute atomic E-state index is 0.0399. The third kappa shape index (κ3) is 3.33. The molecule has 0 saturated carbocycles. The number of benzene rings is 2. The third-order valence-corrected chi connectivity index (χ3v) is 5.24. The van der Waals surface area contributed by atoms with Crippen molar-refractivity contribution >= 4 is 34.1 Å². The van der Waals surface area contributed by atoms with Gasteiger partial charge in [0.15, 0.2) is 11.5 Å². The van der Waals surface area contributed by atoms with Crippen molar-refractivity contribution in [3.63, 3.8) is 0 Å². The van der Waals surface area contributed by atoms with E-state index in [1.54, 1.807) is 30.5 Å². The smallest absolute Gasteiger partial charge is 0.268 e. The number of aromatic nitrogens is 6. The zero-order valence-corrected chi connectivity index (χ0v) is 17.1. The third-order valence-electron chi connectivity index (χ3n) is 5.24. The molecule has 9 heteroatoms. The van der Waals surface area contributed by atoms with Crippen LogP contribution in [0.3, 0.4) is 0 Å². The molecule has 1 atom stereocenters. The minimum atomic E-state index is -0.597. The molecule has 8 nitrogen and oxygen atoms in total. The molecule has 0 aliphatic carbocycles. The summed E-state index contributed by atoms with van der Waals surface area (Å²) in [5, 5.41) is -0.0399. The summed E-state index contributed by atoms with van der Waals surface area (Å²) in [5.41, 5.74) is 1.59. The van der Waals surface area contributed by atoms with E-state index in [0.29, 0.717) is 40.4 Å². The highest BCUT2D eigenvalue weighted by Crippen LogP contribution is 2.24.